The van der Waals surface area contributed by atoms with Crippen molar-refractivity contribution in [1.29, 1.82) is 0 Å². The molecule has 1 fully saturated rings. The molecule has 0 bridgehead atoms. The largest absolute Gasteiger partial charge is 0.495 e. The average molecular weight is 351 g/mol. The number of urea groups is 1. The second-order valence-electron chi connectivity index (χ2n) is 7.75. The number of carbonyl (C=O) groups is 2. The molecule has 0 aromatic rings. The summed E-state index contributed by atoms with van der Waals surface area (Å²) in [6, 6.07) is -0.121. The van der Waals surface area contributed by atoms with Crippen molar-refractivity contribution in [2.75, 3.05) is 13.1 Å². The standard InChI is InChI=1S/C20H34N2O3/c1-7-14(2)10-15(3)25-16(4)17(13-23)8-9-20(5,6)18-11-21-19(24)22-12-18/h8-9,13-15,18H,7,10-12H2,1-6H3,(H2,21,22,24)/b9-8-,17-16-/t14-,15+/m0/s1. The van der Waals surface area contributed by atoms with E-state index in [1.165, 1.54) is 0 Å². The Labute approximate surface area is 152 Å². The number of nitrogens with one attached hydrogen (secondary N) is 2. The predicted molar refractivity (Wildman–Crippen MR) is 101 cm³/mol. The maximum atomic E-state index is 11.5. The average Bonchev–Trinajstić information content (AvgIpc) is 2.55. The van der Waals surface area contributed by atoms with Gasteiger partial charge in [0, 0.05) is 19.0 Å². The SMILES string of the molecule is CC[C@H](C)C[C@@H](C)O/C(C)=C(C=O)/C=C\C(C)(C)C1CNC(=O)NC1. The predicted octanol–water partition coefficient (Wildman–Crippen LogP) is 3.81. The van der Waals surface area contributed by atoms with Crippen LogP contribution in [0.5, 0.6) is 0 Å². The highest BCUT2D eigenvalue weighted by Gasteiger charge is 2.30. The van der Waals surface area contributed by atoms with E-state index in [0.29, 0.717) is 30.3 Å². The number of allylic oxidation sites excluding steroid dienone is 4. The first-order valence-electron chi connectivity index (χ1n) is 9.23. The second-order valence-corrected chi connectivity index (χ2v) is 7.75. The molecule has 0 unspecified atom stereocenters. The summed E-state index contributed by atoms with van der Waals surface area (Å²) in [5, 5.41) is 5.64. The summed E-state index contributed by atoms with van der Waals surface area (Å²) in [7, 11) is 0. The Morgan fingerprint density at radius 2 is 1.92 bits per heavy atom. The molecule has 0 aromatic carbocycles. The van der Waals surface area contributed by atoms with Crippen molar-refractivity contribution < 1.29 is 14.3 Å². The van der Waals surface area contributed by atoms with Crippen LogP contribution < -0.4 is 10.6 Å². The lowest BCUT2D eigenvalue weighted by Crippen LogP contribution is -2.52. The summed E-state index contributed by atoms with van der Waals surface area (Å²) in [4.78, 5) is 22.7. The molecular weight excluding hydrogens is 316 g/mol. The molecule has 2 atom stereocenters. The van der Waals surface area contributed by atoms with E-state index < -0.39 is 0 Å². The molecule has 142 valence electrons. The van der Waals surface area contributed by atoms with Gasteiger partial charge in [-0.15, -0.1) is 0 Å². The smallest absolute Gasteiger partial charge is 0.314 e. The molecule has 0 aromatic heterocycles. The summed E-state index contributed by atoms with van der Waals surface area (Å²) in [6.45, 7) is 13.7. The Morgan fingerprint density at radius 1 is 1.32 bits per heavy atom. The lowest BCUT2D eigenvalue weighted by atomic mass is 9.77. The van der Waals surface area contributed by atoms with Crippen molar-refractivity contribution in [2.45, 2.75) is 60.5 Å². The van der Waals surface area contributed by atoms with Crippen molar-refractivity contribution in [3.63, 3.8) is 0 Å². The molecular formula is C20H34N2O3. The molecule has 1 aliphatic rings. The molecule has 1 saturated heterocycles. The molecule has 0 spiro atoms. The third-order valence-electron chi connectivity index (χ3n) is 5.11. The van der Waals surface area contributed by atoms with Crippen molar-refractivity contribution in [3.05, 3.63) is 23.5 Å². The van der Waals surface area contributed by atoms with Gasteiger partial charge in [0.1, 0.15) is 5.76 Å². The summed E-state index contributed by atoms with van der Waals surface area (Å²) in [5.41, 5.74) is 0.411. The number of rotatable bonds is 9. The van der Waals surface area contributed by atoms with E-state index in [4.69, 9.17) is 4.74 Å². The van der Waals surface area contributed by atoms with E-state index >= 15 is 0 Å². The number of amides is 2. The monoisotopic (exact) mass is 350 g/mol. The Kier molecular flexibility index (Phi) is 8.20. The summed E-state index contributed by atoms with van der Waals surface area (Å²) in [5.74, 6) is 1.53. The minimum Gasteiger partial charge on any atom is -0.495 e. The Bertz CT molecular complexity index is 513. The van der Waals surface area contributed by atoms with Gasteiger partial charge in [0.25, 0.3) is 0 Å². The van der Waals surface area contributed by atoms with Crippen LogP contribution in [0.1, 0.15) is 54.4 Å². The zero-order valence-corrected chi connectivity index (χ0v) is 16.5. The number of hydrogen-bond acceptors (Lipinski definition) is 3. The van der Waals surface area contributed by atoms with Gasteiger partial charge in [-0.05, 0) is 31.6 Å². The van der Waals surface area contributed by atoms with Gasteiger partial charge in [0.05, 0.1) is 11.7 Å². The van der Waals surface area contributed by atoms with Crippen LogP contribution in [-0.2, 0) is 9.53 Å². The molecule has 5 heteroatoms. The van der Waals surface area contributed by atoms with Crippen LogP contribution in [-0.4, -0.2) is 31.5 Å². The van der Waals surface area contributed by atoms with Crippen LogP contribution in [0, 0.1) is 17.3 Å². The molecule has 2 N–H and O–H groups in total. The topological polar surface area (TPSA) is 67.4 Å². The number of carbonyl (C=O) groups excluding carboxylic acids is 2. The van der Waals surface area contributed by atoms with Gasteiger partial charge in [-0.2, -0.15) is 0 Å². The fourth-order valence-electron chi connectivity index (χ4n) is 2.92. The zero-order chi connectivity index (χ0) is 19.0. The van der Waals surface area contributed by atoms with Gasteiger partial charge in [-0.25, -0.2) is 4.79 Å². The zero-order valence-electron chi connectivity index (χ0n) is 16.5. The van der Waals surface area contributed by atoms with Crippen molar-refractivity contribution in [1.82, 2.24) is 10.6 Å². The number of ether oxygens (including phenoxy) is 1. The minimum atomic E-state index is -0.155. The fourth-order valence-corrected chi connectivity index (χ4v) is 2.92. The van der Waals surface area contributed by atoms with Gasteiger partial charge in [-0.3, -0.25) is 4.79 Å². The molecule has 1 heterocycles. The van der Waals surface area contributed by atoms with E-state index in [1.54, 1.807) is 0 Å². The lowest BCUT2D eigenvalue weighted by Gasteiger charge is -2.35. The molecule has 1 rings (SSSR count). The van der Waals surface area contributed by atoms with E-state index in [1.807, 2.05) is 26.0 Å². The highest BCUT2D eigenvalue weighted by Crippen LogP contribution is 2.29. The van der Waals surface area contributed by atoms with Crippen molar-refractivity contribution >= 4 is 12.3 Å². The van der Waals surface area contributed by atoms with Crippen LogP contribution in [0.25, 0.3) is 0 Å². The molecule has 25 heavy (non-hydrogen) atoms. The summed E-state index contributed by atoms with van der Waals surface area (Å²) in [6.07, 6.45) is 6.91. The number of aldehydes is 1. The Hall–Kier alpha value is -1.78. The first kappa shape index (κ1) is 21.3. The Morgan fingerprint density at radius 3 is 2.44 bits per heavy atom. The Balaban J connectivity index is 2.75. The molecule has 0 saturated carbocycles. The molecule has 0 aliphatic carbocycles. The van der Waals surface area contributed by atoms with Gasteiger partial charge in [0.15, 0.2) is 6.29 Å². The summed E-state index contributed by atoms with van der Waals surface area (Å²) >= 11 is 0. The first-order chi connectivity index (χ1) is 11.7. The van der Waals surface area contributed by atoms with Crippen molar-refractivity contribution in [2.24, 2.45) is 17.3 Å². The molecule has 2 amide bonds. The molecule has 0 radical (unpaired) electrons. The maximum Gasteiger partial charge on any atom is 0.314 e. The van der Waals surface area contributed by atoms with Crippen LogP contribution >= 0.6 is 0 Å². The van der Waals surface area contributed by atoms with Crippen LogP contribution in [0.4, 0.5) is 4.79 Å². The minimum absolute atomic E-state index is 0.0871. The third kappa shape index (κ3) is 6.92. The normalized spacial score (nSPS) is 19.7. The molecule has 1 aliphatic heterocycles. The van der Waals surface area contributed by atoms with Crippen LogP contribution in [0.3, 0.4) is 0 Å². The van der Waals surface area contributed by atoms with E-state index in [0.717, 1.165) is 19.1 Å². The number of hydrogen-bond donors (Lipinski definition) is 2. The first-order valence-corrected chi connectivity index (χ1v) is 9.23. The van der Waals surface area contributed by atoms with E-state index in [9.17, 15) is 9.59 Å². The second kappa shape index (κ2) is 9.64. The summed E-state index contributed by atoms with van der Waals surface area (Å²) < 4.78 is 5.93. The quantitative estimate of drug-likeness (QED) is 0.287. The maximum absolute atomic E-state index is 11.5. The van der Waals surface area contributed by atoms with E-state index in [-0.39, 0.29) is 23.5 Å². The lowest BCUT2D eigenvalue weighted by molar-refractivity contribution is -0.104. The fraction of sp³-hybridized carbons (Fsp3) is 0.700. The third-order valence-corrected chi connectivity index (χ3v) is 5.11. The van der Waals surface area contributed by atoms with Gasteiger partial charge in [-0.1, -0.05) is 46.3 Å². The van der Waals surface area contributed by atoms with Crippen LogP contribution in [0.15, 0.2) is 23.5 Å². The molecule has 5 nitrogen and oxygen atoms in total. The van der Waals surface area contributed by atoms with E-state index in [2.05, 4.69) is 38.3 Å². The van der Waals surface area contributed by atoms with Crippen molar-refractivity contribution in [3.8, 4) is 0 Å². The van der Waals surface area contributed by atoms with Gasteiger partial charge < -0.3 is 15.4 Å². The van der Waals surface area contributed by atoms with Crippen LogP contribution in [0.2, 0.25) is 0 Å². The van der Waals surface area contributed by atoms with Gasteiger partial charge in [0.2, 0.25) is 0 Å². The highest BCUT2D eigenvalue weighted by molar-refractivity contribution is 5.78. The highest BCUT2D eigenvalue weighted by atomic mass is 16.5. The van der Waals surface area contributed by atoms with Gasteiger partial charge >= 0.3 is 6.03 Å².